The highest BCUT2D eigenvalue weighted by atomic mass is 32.2. The van der Waals surface area contributed by atoms with Crippen molar-refractivity contribution in [3.8, 4) is 5.75 Å². The van der Waals surface area contributed by atoms with Gasteiger partial charge in [0.15, 0.2) is 0 Å². The van der Waals surface area contributed by atoms with Crippen LogP contribution >= 0.6 is 0 Å². The number of hydrogen-bond donors (Lipinski definition) is 2. The Balaban J connectivity index is 2.44. The Hall–Kier alpha value is -1.64. The smallest absolute Gasteiger partial charge is 0.307 e. The summed E-state index contributed by atoms with van der Waals surface area (Å²) in [5.74, 6) is -0.729. The fraction of sp³-hybridized carbons (Fsp3) is 0.462. The molecule has 0 amide bonds. The van der Waals surface area contributed by atoms with Crippen molar-refractivity contribution in [2.75, 3.05) is 20.2 Å². The van der Waals surface area contributed by atoms with E-state index < -0.39 is 28.5 Å². The minimum absolute atomic E-state index is 0.0286. The predicted octanol–water partition coefficient (Wildman–Crippen LogP) is 0.0776. The van der Waals surface area contributed by atoms with Crippen LogP contribution in [0.15, 0.2) is 23.1 Å². The molecule has 0 radical (unpaired) electrons. The summed E-state index contributed by atoms with van der Waals surface area (Å²) in [4.78, 5) is 10.9. The van der Waals surface area contributed by atoms with E-state index in [-0.39, 0.29) is 23.5 Å². The third kappa shape index (κ3) is 3.34. The lowest BCUT2D eigenvalue weighted by Crippen LogP contribution is -2.30. The number of sulfonamides is 1. The molecule has 0 bridgehead atoms. The van der Waals surface area contributed by atoms with Gasteiger partial charge in [0.25, 0.3) is 0 Å². The fourth-order valence-electron chi connectivity index (χ4n) is 2.30. The van der Waals surface area contributed by atoms with Crippen LogP contribution in [0.3, 0.4) is 0 Å². The second-order valence-electron chi connectivity index (χ2n) is 4.85. The molecule has 1 fully saturated rings. The minimum atomic E-state index is -3.82. The molecule has 7 nitrogen and oxygen atoms in total. The average molecular weight is 315 g/mol. The van der Waals surface area contributed by atoms with E-state index >= 15 is 0 Å². The predicted molar refractivity (Wildman–Crippen MR) is 73.7 cm³/mol. The van der Waals surface area contributed by atoms with Gasteiger partial charge in [0, 0.05) is 13.1 Å². The van der Waals surface area contributed by atoms with E-state index in [0.717, 1.165) is 0 Å². The quantitative estimate of drug-likeness (QED) is 0.797. The Labute approximate surface area is 122 Å². The molecule has 1 aromatic carbocycles. The second-order valence-corrected chi connectivity index (χ2v) is 6.76. The molecule has 0 aromatic heterocycles. The van der Waals surface area contributed by atoms with Crippen molar-refractivity contribution in [3.63, 3.8) is 0 Å². The van der Waals surface area contributed by atoms with Gasteiger partial charge in [-0.3, -0.25) is 4.79 Å². The zero-order chi connectivity index (χ0) is 15.6. The molecule has 21 heavy (non-hydrogen) atoms. The highest BCUT2D eigenvalue weighted by Crippen LogP contribution is 2.27. The summed E-state index contributed by atoms with van der Waals surface area (Å²) in [6.07, 6.45) is -0.716. The van der Waals surface area contributed by atoms with Crippen LogP contribution < -0.4 is 4.74 Å². The summed E-state index contributed by atoms with van der Waals surface area (Å²) in [5.41, 5.74) is 0.170. The normalized spacial score (nSPS) is 19.6. The van der Waals surface area contributed by atoms with Crippen molar-refractivity contribution >= 4 is 16.0 Å². The third-order valence-corrected chi connectivity index (χ3v) is 5.32. The van der Waals surface area contributed by atoms with E-state index in [1.807, 2.05) is 0 Å². The summed E-state index contributed by atoms with van der Waals surface area (Å²) in [5, 5.41) is 18.4. The number of carboxylic acids is 1. The third-order valence-electron chi connectivity index (χ3n) is 3.35. The van der Waals surface area contributed by atoms with Crippen LogP contribution in [0.2, 0.25) is 0 Å². The van der Waals surface area contributed by atoms with Gasteiger partial charge in [-0.05, 0) is 30.2 Å². The van der Waals surface area contributed by atoms with Crippen LogP contribution in [0.4, 0.5) is 0 Å². The number of aliphatic carboxylic acids is 1. The van der Waals surface area contributed by atoms with Gasteiger partial charge in [0.05, 0.1) is 24.5 Å². The number of methoxy groups -OCH3 is 1. The molecule has 2 N–H and O–H groups in total. The number of rotatable bonds is 5. The van der Waals surface area contributed by atoms with E-state index in [9.17, 15) is 18.3 Å². The van der Waals surface area contributed by atoms with Crippen molar-refractivity contribution in [1.82, 2.24) is 4.31 Å². The van der Waals surface area contributed by atoms with Crippen LogP contribution in [0.1, 0.15) is 12.0 Å². The molecule has 2 rings (SSSR count). The first kappa shape index (κ1) is 15.7. The number of carboxylic acid groups (broad SMARTS) is 1. The van der Waals surface area contributed by atoms with E-state index in [1.165, 1.54) is 29.6 Å². The lowest BCUT2D eigenvalue weighted by Gasteiger charge is -2.18. The SMILES string of the molecule is COc1ccc(S(=O)(=O)N2CCC(O)C2)c(CC(=O)O)c1. The highest BCUT2D eigenvalue weighted by molar-refractivity contribution is 7.89. The summed E-state index contributed by atoms with van der Waals surface area (Å²) in [6, 6.07) is 4.23. The first-order valence-electron chi connectivity index (χ1n) is 6.41. The molecule has 1 atom stereocenters. The Morgan fingerprint density at radius 1 is 1.48 bits per heavy atom. The Morgan fingerprint density at radius 2 is 2.19 bits per heavy atom. The molecule has 0 spiro atoms. The zero-order valence-electron chi connectivity index (χ0n) is 11.5. The monoisotopic (exact) mass is 315 g/mol. The first-order valence-corrected chi connectivity index (χ1v) is 7.85. The Morgan fingerprint density at radius 3 is 2.71 bits per heavy atom. The number of β-amino-alcohol motifs (C(OH)–C–C–N with tert-alkyl or cyclic N) is 1. The number of nitrogens with zero attached hydrogens (tertiary/aromatic N) is 1. The molecule has 1 aliphatic rings. The van der Waals surface area contributed by atoms with Crippen molar-refractivity contribution in [2.24, 2.45) is 0 Å². The molecular weight excluding hydrogens is 298 g/mol. The molecule has 0 aliphatic carbocycles. The maximum atomic E-state index is 12.6. The number of benzene rings is 1. The maximum Gasteiger partial charge on any atom is 0.307 e. The molecule has 1 saturated heterocycles. The number of aliphatic hydroxyl groups excluding tert-OH is 1. The summed E-state index contributed by atoms with van der Waals surface area (Å²) >= 11 is 0. The molecule has 1 aliphatic heterocycles. The van der Waals surface area contributed by atoms with Crippen molar-refractivity contribution in [3.05, 3.63) is 23.8 Å². The van der Waals surface area contributed by atoms with E-state index in [1.54, 1.807) is 0 Å². The summed E-state index contributed by atoms with van der Waals surface area (Å²) in [6.45, 7) is 0.253. The van der Waals surface area contributed by atoms with Crippen LogP contribution in [-0.4, -0.2) is 55.2 Å². The van der Waals surface area contributed by atoms with E-state index in [4.69, 9.17) is 9.84 Å². The van der Waals surface area contributed by atoms with Crippen LogP contribution in [0, 0.1) is 0 Å². The topological polar surface area (TPSA) is 104 Å². The van der Waals surface area contributed by atoms with E-state index in [0.29, 0.717) is 12.2 Å². The lowest BCUT2D eigenvalue weighted by atomic mass is 10.1. The molecular formula is C13H17NO6S. The average Bonchev–Trinajstić information content (AvgIpc) is 2.85. The number of ether oxygens (including phenoxy) is 1. The van der Waals surface area contributed by atoms with Crippen LogP contribution in [-0.2, 0) is 21.2 Å². The highest BCUT2D eigenvalue weighted by Gasteiger charge is 2.33. The van der Waals surface area contributed by atoms with Crippen molar-refractivity contribution < 1.29 is 28.2 Å². The molecule has 1 aromatic rings. The lowest BCUT2D eigenvalue weighted by molar-refractivity contribution is -0.136. The molecule has 0 saturated carbocycles. The summed E-state index contributed by atoms with van der Waals surface area (Å²) < 4.78 is 31.3. The second kappa shape index (κ2) is 6.00. The van der Waals surface area contributed by atoms with Gasteiger partial charge in [-0.2, -0.15) is 4.31 Å². The Kier molecular flexibility index (Phi) is 4.50. The minimum Gasteiger partial charge on any atom is -0.497 e. The fourth-order valence-corrected chi connectivity index (χ4v) is 4.00. The number of carbonyl (C=O) groups is 1. The molecule has 116 valence electrons. The molecule has 8 heteroatoms. The first-order chi connectivity index (χ1) is 9.84. The number of aliphatic hydroxyl groups is 1. The molecule has 1 unspecified atom stereocenters. The summed E-state index contributed by atoms with van der Waals surface area (Å²) in [7, 11) is -2.40. The van der Waals surface area contributed by atoms with Gasteiger partial charge in [0.2, 0.25) is 10.0 Å². The van der Waals surface area contributed by atoms with Crippen molar-refractivity contribution in [2.45, 2.75) is 23.8 Å². The van der Waals surface area contributed by atoms with Gasteiger partial charge >= 0.3 is 5.97 Å². The van der Waals surface area contributed by atoms with Crippen LogP contribution in [0.25, 0.3) is 0 Å². The van der Waals surface area contributed by atoms with Gasteiger partial charge < -0.3 is 14.9 Å². The Bertz CT molecular complexity index is 642. The van der Waals surface area contributed by atoms with Gasteiger partial charge in [-0.15, -0.1) is 0 Å². The van der Waals surface area contributed by atoms with E-state index in [2.05, 4.69) is 0 Å². The van der Waals surface area contributed by atoms with Crippen LogP contribution in [0.5, 0.6) is 5.75 Å². The van der Waals surface area contributed by atoms with Gasteiger partial charge in [-0.25, -0.2) is 8.42 Å². The largest absolute Gasteiger partial charge is 0.497 e. The maximum absolute atomic E-state index is 12.6. The van der Waals surface area contributed by atoms with Gasteiger partial charge in [-0.1, -0.05) is 0 Å². The number of hydrogen-bond acceptors (Lipinski definition) is 5. The molecule has 1 heterocycles. The standard InChI is InChI=1S/C13H17NO6S/c1-20-11-2-3-12(9(6-11)7-13(16)17)21(18,19)14-5-4-10(15)8-14/h2-3,6,10,15H,4-5,7-8H2,1H3,(H,16,17). The van der Waals surface area contributed by atoms with Crippen molar-refractivity contribution in [1.29, 1.82) is 0 Å². The zero-order valence-corrected chi connectivity index (χ0v) is 12.3. The van der Waals surface area contributed by atoms with Gasteiger partial charge in [0.1, 0.15) is 5.75 Å².